The normalized spacial score (nSPS) is 14.1. The van der Waals surface area contributed by atoms with Crippen LogP contribution in [0, 0.1) is 0 Å². The van der Waals surface area contributed by atoms with Gasteiger partial charge in [-0.1, -0.05) is 30.0 Å². The fraction of sp³-hybridized carbons (Fsp3) is 0.200. The Morgan fingerprint density at radius 3 is 2.86 bits per heavy atom. The summed E-state index contributed by atoms with van der Waals surface area (Å²) in [5.41, 5.74) is 2.98. The first kappa shape index (κ1) is 17.7. The summed E-state index contributed by atoms with van der Waals surface area (Å²) in [6.45, 7) is 2.83. The summed E-state index contributed by atoms with van der Waals surface area (Å²) in [6, 6.07) is 13.2. The molecule has 5 rings (SSSR count). The van der Waals surface area contributed by atoms with Crippen molar-refractivity contribution in [2.75, 3.05) is 18.5 Å². The number of rotatable bonds is 4. The zero-order chi connectivity index (χ0) is 19.8. The third-order valence-electron chi connectivity index (χ3n) is 4.56. The van der Waals surface area contributed by atoms with Crippen molar-refractivity contribution in [1.29, 1.82) is 0 Å². The minimum Gasteiger partial charge on any atom is -0.486 e. The van der Waals surface area contributed by atoms with E-state index in [9.17, 15) is 4.79 Å². The van der Waals surface area contributed by atoms with E-state index in [1.807, 2.05) is 24.3 Å². The maximum Gasteiger partial charge on any atom is 0.237 e. The van der Waals surface area contributed by atoms with E-state index in [0.717, 1.165) is 16.4 Å². The van der Waals surface area contributed by atoms with Crippen LogP contribution in [0.1, 0.15) is 6.92 Å². The van der Waals surface area contributed by atoms with Gasteiger partial charge in [0.2, 0.25) is 11.1 Å². The number of benzene rings is 2. The fourth-order valence-corrected chi connectivity index (χ4v) is 3.85. The fourth-order valence-electron chi connectivity index (χ4n) is 3.13. The van der Waals surface area contributed by atoms with Gasteiger partial charge in [0.15, 0.2) is 17.1 Å². The first-order chi connectivity index (χ1) is 14.2. The summed E-state index contributed by atoms with van der Waals surface area (Å²) >= 11 is 1.25. The second-order valence-corrected chi connectivity index (χ2v) is 7.88. The van der Waals surface area contributed by atoms with Crippen LogP contribution in [0.4, 0.5) is 5.69 Å². The molecule has 2 aromatic heterocycles. The average molecular weight is 407 g/mol. The zero-order valence-electron chi connectivity index (χ0n) is 15.5. The van der Waals surface area contributed by atoms with Gasteiger partial charge in [-0.15, -0.1) is 10.2 Å². The molecule has 0 bridgehead atoms. The van der Waals surface area contributed by atoms with Crippen molar-refractivity contribution in [3.63, 3.8) is 0 Å². The lowest BCUT2D eigenvalue weighted by molar-refractivity contribution is -0.115. The first-order valence-corrected chi connectivity index (χ1v) is 10.0. The number of carbonyl (C=O) groups is 1. The van der Waals surface area contributed by atoms with Crippen molar-refractivity contribution < 1.29 is 14.3 Å². The first-order valence-electron chi connectivity index (χ1n) is 9.16. The maximum absolute atomic E-state index is 12.6. The highest BCUT2D eigenvalue weighted by Gasteiger charge is 2.19. The minimum absolute atomic E-state index is 0.160. The van der Waals surface area contributed by atoms with Crippen LogP contribution in [0.3, 0.4) is 0 Å². The van der Waals surface area contributed by atoms with E-state index in [0.29, 0.717) is 41.2 Å². The van der Waals surface area contributed by atoms with Crippen LogP contribution in [0.5, 0.6) is 11.5 Å². The van der Waals surface area contributed by atoms with Crippen molar-refractivity contribution in [2.45, 2.75) is 17.3 Å². The van der Waals surface area contributed by atoms with Gasteiger partial charge in [-0.05, 0) is 25.1 Å². The highest BCUT2D eigenvalue weighted by molar-refractivity contribution is 8.00. The van der Waals surface area contributed by atoms with Gasteiger partial charge in [-0.3, -0.25) is 4.79 Å². The van der Waals surface area contributed by atoms with Gasteiger partial charge in [0.25, 0.3) is 0 Å². The van der Waals surface area contributed by atoms with Crippen LogP contribution in [-0.4, -0.2) is 44.5 Å². The Labute approximate surface area is 170 Å². The Hall–Kier alpha value is -3.33. The van der Waals surface area contributed by atoms with Gasteiger partial charge in [-0.25, -0.2) is 4.98 Å². The molecular weight excluding hydrogens is 390 g/mol. The number of anilines is 1. The summed E-state index contributed by atoms with van der Waals surface area (Å²) in [4.78, 5) is 20.4. The smallest absolute Gasteiger partial charge is 0.237 e. The minimum atomic E-state index is -0.410. The maximum atomic E-state index is 12.6. The number of thioether (sulfide) groups is 1. The molecule has 0 radical (unpaired) electrons. The Morgan fingerprint density at radius 1 is 1.14 bits per heavy atom. The monoisotopic (exact) mass is 407 g/mol. The van der Waals surface area contributed by atoms with E-state index in [1.165, 1.54) is 11.8 Å². The van der Waals surface area contributed by atoms with E-state index in [4.69, 9.17) is 9.47 Å². The number of para-hydroxylation sites is 1. The Bertz CT molecular complexity index is 1230. The summed E-state index contributed by atoms with van der Waals surface area (Å²) < 4.78 is 11.1. The molecule has 1 aliphatic heterocycles. The predicted octanol–water partition coefficient (Wildman–Crippen LogP) is 3.40. The number of hydrogen-bond donors (Lipinski definition) is 2. The number of amides is 1. The molecule has 29 heavy (non-hydrogen) atoms. The molecule has 2 N–H and O–H groups in total. The number of carbonyl (C=O) groups excluding carboxylic acids is 1. The second-order valence-electron chi connectivity index (χ2n) is 6.57. The van der Waals surface area contributed by atoms with Crippen LogP contribution in [-0.2, 0) is 4.79 Å². The van der Waals surface area contributed by atoms with Crippen LogP contribution >= 0.6 is 11.8 Å². The Morgan fingerprint density at radius 2 is 1.97 bits per heavy atom. The van der Waals surface area contributed by atoms with Crippen LogP contribution < -0.4 is 14.8 Å². The molecule has 0 saturated carbocycles. The molecule has 9 heteroatoms. The summed E-state index contributed by atoms with van der Waals surface area (Å²) in [5.74, 6) is 1.15. The highest BCUT2D eigenvalue weighted by Crippen LogP contribution is 2.33. The van der Waals surface area contributed by atoms with Crippen LogP contribution in [0.15, 0.2) is 47.6 Å². The molecule has 2 aromatic carbocycles. The van der Waals surface area contributed by atoms with Gasteiger partial charge in [-0.2, -0.15) is 0 Å². The third kappa shape index (κ3) is 3.44. The standard InChI is InChI=1S/C20H17N5O3S/c1-11(19(26)21-12-6-7-15-16(10-12)28-9-8-27-15)29-20-23-18-17(24-25-20)13-4-2-3-5-14(13)22-18/h2-7,10-11H,8-9H2,1H3,(H,21,26)(H,22,23,25)/t11-/m0/s1. The summed E-state index contributed by atoms with van der Waals surface area (Å²) in [5, 5.41) is 12.4. The molecule has 3 heterocycles. The molecule has 0 aliphatic carbocycles. The van der Waals surface area contributed by atoms with Gasteiger partial charge in [0.1, 0.15) is 18.7 Å². The van der Waals surface area contributed by atoms with E-state index in [1.54, 1.807) is 25.1 Å². The molecule has 8 nitrogen and oxygen atoms in total. The third-order valence-corrected chi connectivity index (χ3v) is 5.52. The van der Waals surface area contributed by atoms with E-state index in [2.05, 4.69) is 25.5 Å². The topological polar surface area (TPSA) is 102 Å². The van der Waals surface area contributed by atoms with Crippen molar-refractivity contribution >= 4 is 45.4 Å². The van der Waals surface area contributed by atoms with Gasteiger partial charge in [0, 0.05) is 22.7 Å². The molecule has 146 valence electrons. The predicted molar refractivity (Wildman–Crippen MR) is 111 cm³/mol. The highest BCUT2D eigenvalue weighted by atomic mass is 32.2. The molecule has 0 fully saturated rings. The lowest BCUT2D eigenvalue weighted by Crippen LogP contribution is -2.23. The number of hydrogen-bond acceptors (Lipinski definition) is 7. The quantitative estimate of drug-likeness (QED) is 0.500. The summed E-state index contributed by atoms with van der Waals surface area (Å²) in [6.07, 6.45) is 0. The number of nitrogens with zero attached hydrogens (tertiary/aromatic N) is 3. The number of ether oxygens (including phenoxy) is 2. The van der Waals surface area contributed by atoms with Gasteiger partial charge < -0.3 is 19.8 Å². The Balaban J connectivity index is 1.31. The van der Waals surface area contributed by atoms with Crippen molar-refractivity contribution in [3.05, 3.63) is 42.5 Å². The van der Waals surface area contributed by atoms with Crippen molar-refractivity contribution in [3.8, 4) is 11.5 Å². The molecule has 0 saturated heterocycles. The van der Waals surface area contributed by atoms with Crippen molar-refractivity contribution in [1.82, 2.24) is 20.2 Å². The number of fused-ring (bicyclic) bond motifs is 4. The number of H-pyrrole nitrogens is 1. The lowest BCUT2D eigenvalue weighted by atomic mass is 10.2. The van der Waals surface area contributed by atoms with E-state index in [-0.39, 0.29) is 5.91 Å². The van der Waals surface area contributed by atoms with Gasteiger partial charge >= 0.3 is 0 Å². The number of aromatic amines is 1. The molecular formula is C20H17N5O3S. The van der Waals surface area contributed by atoms with E-state index >= 15 is 0 Å². The summed E-state index contributed by atoms with van der Waals surface area (Å²) in [7, 11) is 0. The molecule has 1 atom stereocenters. The van der Waals surface area contributed by atoms with Crippen LogP contribution in [0.25, 0.3) is 22.1 Å². The van der Waals surface area contributed by atoms with Crippen LogP contribution in [0.2, 0.25) is 0 Å². The average Bonchev–Trinajstić information content (AvgIpc) is 3.11. The number of aromatic nitrogens is 4. The largest absolute Gasteiger partial charge is 0.486 e. The molecule has 0 unspecified atom stereocenters. The molecule has 4 aromatic rings. The molecule has 1 aliphatic rings. The van der Waals surface area contributed by atoms with E-state index < -0.39 is 5.25 Å². The van der Waals surface area contributed by atoms with Crippen molar-refractivity contribution in [2.24, 2.45) is 0 Å². The SMILES string of the molecule is C[C@H](Sc1nnc2c(n1)[nH]c1ccccc12)C(=O)Nc1ccc2c(c1)OCCO2. The zero-order valence-corrected chi connectivity index (χ0v) is 16.3. The lowest BCUT2D eigenvalue weighted by Gasteiger charge is -2.19. The molecule has 0 spiro atoms. The second kappa shape index (κ2) is 7.25. The van der Waals surface area contributed by atoms with Gasteiger partial charge in [0.05, 0.1) is 5.25 Å². The Kier molecular flexibility index (Phi) is 4.44. The number of nitrogens with one attached hydrogen (secondary N) is 2. The molecule has 1 amide bonds.